The van der Waals surface area contributed by atoms with Gasteiger partial charge in [0.2, 0.25) is 11.7 Å². The van der Waals surface area contributed by atoms with Crippen molar-refractivity contribution in [3.8, 4) is 0 Å². The summed E-state index contributed by atoms with van der Waals surface area (Å²) in [6.07, 6.45) is 2.80. The Labute approximate surface area is 100.0 Å². The van der Waals surface area contributed by atoms with Gasteiger partial charge >= 0.3 is 5.97 Å². The van der Waals surface area contributed by atoms with Crippen LogP contribution in [0.25, 0.3) is 0 Å². The van der Waals surface area contributed by atoms with Crippen molar-refractivity contribution in [1.29, 1.82) is 0 Å². The number of carboxylic acid groups (broad SMARTS) is 1. The third kappa shape index (κ3) is 4.52. The molecule has 0 spiro atoms. The Kier molecular flexibility index (Phi) is 5.62. The van der Waals surface area contributed by atoms with Crippen LogP contribution in [0.5, 0.6) is 0 Å². The van der Waals surface area contributed by atoms with Crippen LogP contribution in [-0.2, 0) is 16.0 Å². The molecule has 0 saturated heterocycles. The van der Waals surface area contributed by atoms with E-state index in [-0.39, 0.29) is 12.5 Å². The number of unbranched alkanes of at least 4 members (excludes halogenated alkanes) is 1. The molecule has 17 heavy (non-hydrogen) atoms. The van der Waals surface area contributed by atoms with Crippen LogP contribution in [0.1, 0.15) is 50.4 Å². The number of carboxylic acids is 1. The summed E-state index contributed by atoms with van der Waals surface area (Å²) in [7, 11) is 1.61. The average molecular weight is 242 g/mol. The number of rotatable bonds is 8. The summed E-state index contributed by atoms with van der Waals surface area (Å²) in [4.78, 5) is 14.5. The van der Waals surface area contributed by atoms with Crippen molar-refractivity contribution in [1.82, 2.24) is 10.1 Å². The Balaban J connectivity index is 2.37. The van der Waals surface area contributed by atoms with Crippen molar-refractivity contribution in [2.75, 3.05) is 7.11 Å². The van der Waals surface area contributed by atoms with Gasteiger partial charge in [-0.1, -0.05) is 12.1 Å². The Morgan fingerprint density at radius 3 is 2.88 bits per heavy atom. The molecule has 96 valence electrons. The summed E-state index contributed by atoms with van der Waals surface area (Å²) in [6, 6.07) is 0. The molecular weight excluding hydrogens is 224 g/mol. The molecule has 0 aliphatic rings. The predicted octanol–water partition coefficient (Wildman–Crippen LogP) is 1.96. The molecule has 0 amide bonds. The fourth-order valence-electron chi connectivity index (χ4n) is 1.51. The number of ether oxygens (including phenoxy) is 1. The minimum atomic E-state index is -0.776. The molecule has 1 aromatic heterocycles. The predicted molar refractivity (Wildman–Crippen MR) is 59.5 cm³/mol. The molecule has 0 saturated carbocycles. The van der Waals surface area contributed by atoms with Gasteiger partial charge in [-0.25, -0.2) is 0 Å². The SMILES string of the molecule is CCC(OC)c1noc(CCCCC(=O)O)n1. The minimum absolute atomic E-state index is 0.133. The van der Waals surface area contributed by atoms with Gasteiger partial charge in [0.05, 0.1) is 0 Å². The normalized spacial score (nSPS) is 12.6. The summed E-state index contributed by atoms with van der Waals surface area (Å²) in [5.74, 6) is 0.325. The highest BCUT2D eigenvalue weighted by Gasteiger charge is 2.15. The number of aryl methyl sites for hydroxylation is 1. The van der Waals surface area contributed by atoms with Gasteiger partial charge in [0, 0.05) is 20.0 Å². The summed E-state index contributed by atoms with van der Waals surface area (Å²) < 4.78 is 10.3. The first kappa shape index (κ1) is 13.6. The molecule has 1 heterocycles. The van der Waals surface area contributed by atoms with E-state index in [2.05, 4.69) is 10.1 Å². The zero-order valence-corrected chi connectivity index (χ0v) is 10.2. The fraction of sp³-hybridized carbons (Fsp3) is 0.727. The second-order valence-electron chi connectivity index (χ2n) is 3.78. The number of hydrogen-bond donors (Lipinski definition) is 1. The van der Waals surface area contributed by atoms with Gasteiger partial charge in [-0.2, -0.15) is 4.98 Å². The molecule has 0 radical (unpaired) electrons. The standard InChI is InChI=1S/C11H18N2O4/c1-3-8(16-2)11-12-9(17-13-11)6-4-5-7-10(14)15/h8H,3-7H2,1-2H3,(H,14,15). The minimum Gasteiger partial charge on any atom is -0.481 e. The Morgan fingerprint density at radius 2 is 2.29 bits per heavy atom. The van der Waals surface area contributed by atoms with Gasteiger partial charge < -0.3 is 14.4 Å². The molecule has 6 nitrogen and oxygen atoms in total. The first-order chi connectivity index (χ1) is 8.17. The van der Waals surface area contributed by atoms with Crippen LogP contribution in [-0.4, -0.2) is 28.3 Å². The van der Waals surface area contributed by atoms with E-state index >= 15 is 0 Å². The van der Waals surface area contributed by atoms with Crippen molar-refractivity contribution in [3.05, 3.63) is 11.7 Å². The van der Waals surface area contributed by atoms with Gasteiger partial charge in [0.15, 0.2) is 0 Å². The Hall–Kier alpha value is -1.43. The number of aliphatic carboxylic acids is 1. The molecule has 1 N–H and O–H groups in total. The quantitative estimate of drug-likeness (QED) is 0.701. The van der Waals surface area contributed by atoms with E-state index in [0.29, 0.717) is 24.6 Å². The third-order valence-corrected chi connectivity index (χ3v) is 2.46. The lowest BCUT2D eigenvalue weighted by molar-refractivity contribution is -0.137. The smallest absolute Gasteiger partial charge is 0.303 e. The molecule has 1 atom stereocenters. The maximum Gasteiger partial charge on any atom is 0.303 e. The molecule has 1 aromatic rings. The van der Waals surface area contributed by atoms with E-state index in [1.807, 2.05) is 6.92 Å². The Morgan fingerprint density at radius 1 is 1.53 bits per heavy atom. The molecule has 0 aliphatic heterocycles. The van der Waals surface area contributed by atoms with Crippen LogP contribution in [0.3, 0.4) is 0 Å². The van der Waals surface area contributed by atoms with Gasteiger partial charge in [-0.3, -0.25) is 4.79 Å². The number of carbonyl (C=O) groups is 1. The van der Waals surface area contributed by atoms with Crippen LogP contribution in [0.15, 0.2) is 4.52 Å². The van der Waals surface area contributed by atoms with Gasteiger partial charge in [-0.05, 0) is 19.3 Å². The molecule has 0 bridgehead atoms. The maximum absolute atomic E-state index is 10.3. The molecule has 0 aliphatic carbocycles. The van der Waals surface area contributed by atoms with Crippen LogP contribution < -0.4 is 0 Å². The zero-order valence-electron chi connectivity index (χ0n) is 10.2. The largest absolute Gasteiger partial charge is 0.481 e. The van der Waals surface area contributed by atoms with Crippen LogP contribution in [0, 0.1) is 0 Å². The van der Waals surface area contributed by atoms with Crippen molar-refractivity contribution in [3.63, 3.8) is 0 Å². The highest BCUT2D eigenvalue weighted by atomic mass is 16.5. The van der Waals surface area contributed by atoms with E-state index in [4.69, 9.17) is 14.4 Å². The van der Waals surface area contributed by atoms with Crippen LogP contribution in [0.4, 0.5) is 0 Å². The van der Waals surface area contributed by atoms with E-state index in [1.54, 1.807) is 7.11 Å². The van der Waals surface area contributed by atoms with Gasteiger partial charge in [0.1, 0.15) is 6.10 Å². The average Bonchev–Trinajstić information content (AvgIpc) is 2.75. The summed E-state index contributed by atoms with van der Waals surface area (Å²) in [5, 5.41) is 12.3. The number of nitrogens with zero attached hydrogens (tertiary/aromatic N) is 2. The summed E-state index contributed by atoms with van der Waals surface area (Å²) in [6.45, 7) is 1.98. The van der Waals surface area contributed by atoms with Crippen molar-refractivity contribution in [2.45, 2.75) is 45.1 Å². The van der Waals surface area contributed by atoms with Crippen LogP contribution >= 0.6 is 0 Å². The van der Waals surface area contributed by atoms with E-state index < -0.39 is 5.97 Å². The second-order valence-corrected chi connectivity index (χ2v) is 3.78. The highest BCUT2D eigenvalue weighted by molar-refractivity contribution is 5.66. The lowest BCUT2D eigenvalue weighted by atomic mass is 10.2. The van der Waals surface area contributed by atoms with E-state index in [9.17, 15) is 4.79 Å². The number of aromatic nitrogens is 2. The maximum atomic E-state index is 10.3. The topological polar surface area (TPSA) is 85.5 Å². The number of methoxy groups -OCH3 is 1. The zero-order chi connectivity index (χ0) is 12.7. The summed E-state index contributed by atoms with van der Waals surface area (Å²) in [5.41, 5.74) is 0. The van der Waals surface area contributed by atoms with Crippen molar-refractivity contribution >= 4 is 5.97 Å². The Bertz CT molecular complexity index is 347. The van der Waals surface area contributed by atoms with Gasteiger partial charge in [-0.15, -0.1) is 0 Å². The second kappa shape index (κ2) is 7.01. The van der Waals surface area contributed by atoms with Crippen molar-refractivity contribution < 1.29 is 19.2 Å². The monoisotopic (exact) mass is 242 g/mol. The molecular formula is C11H18N2O4. The molecule has 0 aromatic carbocycles. The van der Waals surface area contributed by atoms with E-state index in [0.717, 1.165) is 12.8 Å². The molecule has 0 fully saturated rings. The molecule has 6 heteroatoms. The van der Waals surface area contributed by atoms with Crippen molar-refractivity contribution in [2.24, 2.45) is 0 Å². The lowest BCUT2D eigenvalue weighted by Crippen LogP contribution is -2.02. The fourth-order valence-corrected chi connectivity index (χ4v) is 1.51. The lowest BCUT2D eigenvalue weighted by Gasteiger charge is -2.05. The summed E-state index contributed by atoms with van der Waals surface area (Å²) >= 11 is 0. The van der Waals surface area contributed by atoms with Gasteiger partial charge in [0.25, 0.3) is 0 Å². The highest BCUT2D eigenvalue weighted by Crippen LogP contribution is 2.17. The molecule has 1 unspecified atom stereocenters. The first-order valence-corrected chi connectivity index (χ1v) is 5.74. The van der Waals surface area contributed by atoms with Crippen LogP contribution in [0.2, 0.25) is 0 Å². The van der Waals surface area contributed by atoms with E-state index in [1.165, 1.54) is 0 Å². The third-order valence-electron chi connectivity index (χ3n) is 2.46. The molecule has 1 rings (SSSR count). The first-order valence-electron chi connectivity index (χ1n) is 5.74. The number of hydrogen-bond acceptors (Lipinski definition) is 5.